The van der Waals surface area contributed by atoms with E-state index in [0.717, 1.165) is 5.56 Å². The maximum absolute atomic E-state index is 12.3. The van der Waals surface area contributed by atoms with Crippen LogP contribution in [0.1, 0.15) is 31.9 Å². The molecule has 0 spiro atoms. The van der Waals surface area contributed by atoms with Gasteiger partial charge in [-0.1, -0.05) is 23.2 Å². The fourth-order valence-electron chi connectivity index (χ4n) is 2.51. The number of nitrogens with zero attached hydrogens (tertiary/aromatic N) is 1. The molecule has 1 fully saturated rings. The summed E-state index contributed by atoms with van der Waals surface area (Å²) in [4.78, 5) is 25.0. The first-order chi connectivity index (χ1) is 10.2. The van der Waals surface area contributed by atoms with Crippen molar-refractivity contribution < 1.29 is 14.7 Å². The van der Waals surface area contributed by atoms with Crippen LogP contribution >= 0.6 is 23.2 Å². The summed E-state index contributed by atoms with van der Waals surface area (Å²) in [7, 11) is 0. The van der Waals surface area contributed by atoms with Crippen molar-refractivity contribution >= 4 is 35.2 Å². The molecule has 120 valence electrons. The van der Waals surface area contributed by atoms with Gasteiger partial charge in [0.2, 0.25) is 0 Å². The Labute approximate surface area is 139 Å². The number of rotatable bonds is 3. The molecule has 2 atom stereocenters. The van der Waals surface area contributed by atoms with Gasteiger partial charge in [0.05, 0.1) is 11.5 Å². The molecule has 1 aromatic rings. The van der Waals surface area contributed by atoms with Crippen LogP contribution in [0.25, 0.3) is 0 Å². The van der Waals surface area contributed by atoms with Gasteiger partial charge in [0, 0.05) is 23.1 Å². The van der Waals surface area contributed by atoms with E-state index in [0.29, 0.717) is 23.0 Å². The van der Waals surface area contributed by atoms with E-state index in [1.807, 2.05) is 6.92 Å². The van der Waals surface area contributed by atoms with Crippen molar-refractivity contribution in [3.63, 3.8) is 0 Å². The number of carboxylic acid groups (broad SMARTS) is 1. The number of carbonyl (C=O) groups excluding carboxylic acids is 1. The highest BCUT2D eigenvalue weighted by molar-refractivity contribution is 6.33. The molecule has 2 N–H and O–H groups in total. The highest BCUT2D eigenvalue weighted by Crippen LogP contribution is 2.31. The molecule has 22 heavy (non-hydrogen) atoms. The zero-order chi connectivity index (χ0) is 16.5. The number of aliphatic carboxylic acids is 1. The Bertz CT molecular complexity index is 608. The summed E-state index contributed by atoms with van der Waals surface area (Å²) < 4.78 is 0. The van der Waals surface area contributed by atoms with E-state index in [4.69, 9.17) is 23.2 Å². The number of amides is 2. The lowest BCUT2D eigenvalue weighted by molar-refractivity contribution is -0.146. The van der Waals surface area contributed by atoms with Crippen LogP contribution in [0.3, 0.4) is 0 Å². The molecule has 1 saturated heterocycles. The maximum atomic E-state index is 12.3. The van der Waals surface area contributed by atoms with Gasteiger partial charge in [0.25, 0.3) is 0 Å². The van der Waals surface area contributed by atoms with Crippen LogP contribution in [0.4, 0.5) is 4.79 Å². The van der Waals surface area contributed by atoms with E-state index in [9.17, 15) is 14.7 Å². The lowest BCUT2D eigenvalue weighted by atomic mass is 9.90. The molecule has 1 heterocycles. The quantitative estimate of drug-likeness (QED) is 0.880. The zero-order valence-corrected chi connectivity index (χ0v) is 13.9. The lowest BCUT2D eigenvalue weighted by Crippen LogP contribution is -2.41. The number of benzene rings is 1. The van der Waals surface area contributed by atoms with Crippen molar-refractivity contribution in [2.75, 3.05) is 13.1 Å². The average molecular weight is 345 g/mol. The normalized spacial score (nSPS) is 22.5. The van der Waals surface area contributed by atoms with Crippen LogP contribution in [-0.4, -0.2) is 35.1 Å². The molecule has 1 aromatic carbocycles. The highest BCUT2D eigenvalue weighted by Gasteiger charge is 2.42. The van der Waals surface area contributed by atoms with Crippen molar-refractivity contribution in [1.29, 1.82) is 0 Å². The first-order valence-corrected chi connectivity index (χ1v) is 7.72. The highest BCUT2D eigenvalue weighted by atomic mass is 35.5. The Kier molecular flexibility index (Phi) is 4.87. The van der Waals surface area contributed by atoms with Crippen LogP contribution in [0.2, 0.25) is 10.0 Å². The van der Waals surface area contributed by atoms with Gasteiger partial charge in [-0.25, -0.2) is 4.79 Å². The molecule has 1 unspecified atom stereocenters. The molecular formula is C15H18Cl2N2O3. The molecule has 0 saturated carbocycles. The fraction of sp³-hybridized carbons (Fsp3) is 0.467. The number of urea groups is 1. The molecule has 0 radical (unpaired) electrons. The SMILES string of the molecule is C[C@H](NC(=O)N1CCC(C)(C(=O)O)C1)c1cc(Cl)ccc1Cl. The van der Waals surface area contributed by atoms with Gasteiger partial charge < -0.3 is 15.3 Å². The zero-order valence-electron chi connectivity index (χ0n) is 12.4. The smallest absolute Gasteiger partial charge is 0.317 e. The largest absolute Gasteiger partial charge is 0.481 e. The molecule has 1 aliphatic heterocycles. The summed E-state index contributed by atoms with van der Waals surface area (Å²) in [5, 5.41) is 13.1. The van der Waals surface area contributed by atoms with Crippen LogP contribution in [0.5, 0.6) is 0 Å². The number of carboxylic acids is 1. The first-order valence-electron chi connectivity index (χ1n) is 6.97. The third kappa shape index (κ3) is 3.47. The fourth-order valence-corrected chi connectivity index (χ4v) is 2.97. The summed E-state index contributed by atoms with van der Waals surface area (Å²) in [6.07, 6.45) is 0.446. The minimum absolute atomic E-state index is 0.199. The number of hydrogen-bond acceptors (Lipinski definition) is 2. The van der Waals surface area contributed by atoms with Crippen LogP contribution in [0.15, 0.2) is 18.2 Å². The molecule has 5 nitrogen and oxygen atoms in total. The molecular weight excluding hydrogens is 327 g/mol. The predicted molar refractivity (Wildman–Crippen MR) is 85.3 cm³/mol. The van der Waals surface area contributed by atoms with E-state index in [1.165, 1.54) is 4.90 Å². The minimum Gasteiger partial charge on any atom is -0.481 e. The van der Waals surface area contributed by atoms with Gasteiger partial charge in [-0.3, -0.25) is 4.79 Å². The van der Waals surface area contributed by atoms with E-state index in [-0.39, 0.29) is 18.6 Å². The summed E-state index contributed by atoms with van der Waals surface area (Å²) in [5.41, 5.74) is -0.156. The number of hydrogen-bond donors (Lipinski definition) is 2. The molecule has 2 rings (SSSR count). The topological polar surface area (TPSA) is 69.6 Å². The second kappa shape index (κ2) is 6.34. The maximum Gasteiger partial charge on any atom is 0.317 e. The molecule has 7 heteroatoms. The molecule has 1 aliphatic rings. The van der Waals surface area contributed by atoms with Crippen LogP contribution in [0, 0.1) is 5.41 Å². The van der Waals surface area contributed by atoms with Gasteiger partial charge in [0.15, 0.2) is 0 Å². The Hall–Kier alpha value is -1.46. The number of likely N-dealkylation sites (tertiary alicyclic amines) is 1. The van der Waals surface area contributed by atoms with E-state index in [2.05, 4.69) is 5.32 Å². The molecule has 0 aromatic heterocycles. The summed E-state index contributed by atoms with van der Waals surface area (Å²) in [5.74, 6) is -0.881. The predicted octanol–water partition coefficient (Wildman–Crippen LogP) is 3.56. The van der Waals surface area contributed by atoms with E-state index < -0.39 is 11.4 Å². The Morgan fingerprint density at radius 3 is 2.68 bits per heavy atom. The van der Waals surface area contributed by atoms with E-state index >= 15 is 0 Å². The van der Waals surface area contributed by atoms with Crippen molar-refractivity contribution in [3.8, 4) is 0 Å². The third-order valence-corrected chi connectivity index (χ3v) is 4.62. The first kappa shape index (κ1) is 16.9. The number of halogens is 2. The minimum atomic E-state index is -0.881. The molecule has 0 aliphatic carbocycles. The van der Waals surface area contributed by atoms with Gasteiger partial charge in [-0.2, -0.15) is 0 Å². The third-order valence-electron chi connectivity index (χ3n) is 4.04. The average Bonchev–Trinajstić information content (AvgIpc) is 2.85. The Morgan fingerprint density at radius 2 is 2.09 bits per heavy atom. The van der Waals surface area contributed by atoms with Gasteiger partial charge in [-0.15, -0.1) is 0 Å². The van der Waals surface area contributed by atoms with Crippen LogP contribution in [-0.2, 0) is 4.79 Å². The monoisotopic (exact) mass is 344 g/mol. The number of carbonyl (C=O) groups is 2. The molecule has 0 bridgehead atoms. The van der Waals surface area contributed by atoms with Crippen LogP contribution < -0.4 is 5.32 Å². The van der Waals surface area contributed by atoms with Crippen molar-refractivity contribution in [2.24, 2.45) is 5.41 Å². The summed E-state index contributed by atoms with van der Waals surface area (Å²) in [6, 6.07) is 4.45. The number of nitrogens with one attached hydrogen (secondary N) is 1. The van der Waals surface area contributed by atoms with E-state index in [1.54, 1.807) is 25.1 Å². The van der Waals surface area contributed by atoms with Crippen molar-refractivity contribution in [2.45, 2.75) is 26.3 Å². The lowest BCUT2D eigenvalue weighted by Gasteiger charge is -2.23. The second-order valence-corrected chi connectivity index (χ2v) is 6.72. The van der Waals surface area contributed by atoms with Gasteiger partial charge >= 0.3 is 12.0 Å². The standard InChI is InChI=1S/C15H18Cl2N2O3/c1-9(11-7-10(16)3-4-12(11)17)18-14(22)19-6-5-15(2,8-19)13(20)21/h3-4,7,9H,5-6,8H2,1-2H3,(H,18,22)(H,20,21)/t9-,15?/m0/s1. The van der Waals surface area contributed by atoms with Gasteiger partial charge in [-0.05, 0) is 44.0 Å². The summed E-state index contributed by atoms with van der Waals surface area (Å²) >= 11 is 12.1. The summed E-state index contributed by atoms with van der Waals surface area (Å²) in [6.45, 7) is 4.08. The molecule has 2 amide bonds. The second-order valence-electron chi connectivity index (χ2n) is 5.87. The van der Waals surface area contributed by atoms with Crippen molar-refractivity contribution in [3.05, 3.63) is 33.8 Å². The Balaban J connectivity index is 2.03. The van der Waals surface area contributed by atoms with Crippen molar-refractivity contribution in [1.82, 2.24) is 10.2 Å². The van der Waals surface area contributed by atoms with Gasteiger partial charge in [0.1, 0.15) is 0 Å². The Morgan fingerprint density at radius 1 is 1.41 bits per heavy atom.